The SMILES string of the molecule is CC(OC(=O)CNC(=O)c1ccccc1)C(=O)Nc1ccc([N+](=O)[O-])cc1Cl. The molecule has 2 aromatic rings. The Balaban J connectivity index is 1.85. The van der Waals surface area contributed by atoms with Gasteiger partial charge in [-0.1, -0.05) is 29.8 Å². The topological polar surface area (TPSA) is 128 Å². The van der Waals surface area contributed by atoms with E-state index in [2.05, 4.69) is 10.6 Å². The van der Waals surface area contributed by atoms with Gasteiger partial charge in [0.05, 0.1) is 15.6 Å². The molecule has 146 valence electrons. The maximum atomic E-state index is 12.1. The quantitative estimate of drug-likeness (QED) is 0.414. The van der Waals surface area contributed by atoms with E-state index in [1.807, 2.05) is 0 Å². The summed E-state index contributed by atoms with van der Waals surface area (Å²) in [6, 6.07) is 11.8. The summed E-state index contributed by atoms with van der Waals surface area (Å²) in [6.45, 7) is 0.926. The zero-order chi connectivity index (χ0) is 20.7. The molecule has 0 aliphatic carbocycles. The van der Waals surface area contributed by atoms with E-state index in [1.165, 1.54) is 19.1 Å². The molecule has 2 N–H and O–H groups in total. The number of ether oxygens (including phenoxy) is 1. The molecule has 9 nitrogen and oxygen atoms in total. The van der Waals surface area contributed by atoms with Crippen molar-refractivity contribution in [1.29, 1.82) is 0 Å². The lowest BCUT2D eigenvalue weighted by Crippen LogP contribution is -2.35. The van der Waals surface area contributed by atoms with Crippen LogP contribution in [0.1, 0.15) is 17.3 Å². The van der Waals surface area contributed by atoms with E-state index in [0.29, 0.717) is 5.56 Å². The first-order valence-corrected chi connectivity index (χ1v) is 8.43. The Morgan fingerprint density at radius 1 is 1.18 bits per heavy atom. The average Bonchev–Trinajstić information content (AvgIpc) is 2.68. The summed E-state index contributed by atoms with van der Waals surface area (Å²) in [7, 11) is 0. The molecular weight excluding hydrogens is 390 g/mol. The number of esters is 1. The monoisotopic (exact) mass is 405 g/mol. The first-order valence-electron chi connectivity index (χ1n) is 8.05. The van der Waals surface area contributed by atoms with Crippen LogP contribution in [0, 0.1) is 10.1 Å². The van der Waals surface area contributed by atoms with Crippen molar-refractivity contribution in [2.45, 2.75) is 13.0 Å². The zero-order valence-corrected chi connectivity index (χ0v) is 15.4. The van der Waals surface area contributed by atoms with Crippen molar-refractivity contribution < 1.29 is 24.0 Å². The molecular formula is C18H16ClN3O6. The predicted molar refractivity (Wildman–Crippen MR) is 101 cm³/mol. The van der Waals surface area contributed by atoms with E-state index in [-0.39, 0.29) is 16.4 Å². The maximum absolute atomic E-state index is 12.1. The Morgan fingerprint density at radius 2 is 1.86 bits per heavy atom. The van der Waals surface area contributed by atoms with Gasteiger partial charge in [-0.15, -0.1) is 0 Å². The zero-order valence-electron chi connectivity index (χ0n) is 14.7. The van der Waals surface area contributed by atoms with E-state index in [0.717, 1.165) is 6.07 Å². The third-order valence-electron chi connectivity index (χ3n) is 3.53. The number of rotatable bonds is 7. The summed E-state index contributed by atoms with van der Waals surface area (Å²) in [6.07, 6.45) is -1.17. The molecule has 2 aromatic carbocycles. The minimum Gasteiger partial charge on any atom is -0.451 e. The largest absolute Gasteiger partial charge is 0.451 e. The standard InChI is InChI=1S/C18H16ClN3O6/c1-11(17(24)21-15-8-7-13(22(26)27)9-14(15)19)28-16(23)10-20-18(25)12-5-3-2-4-6-12/h2-9,11H,10H2,1H3,(H,20,25)(H,21,24). The summed E-state index contributed by atoms with van der Waals surface area (Å²) >= 11 is 5.90. The predicted octanol–water partition coefficient (Wildman–Crippen LogP) is 2.55. The number of hydrogen-bond donors (Lipinski definition) is 2. The van der Waals surface area contributed by atoms with Gasteiger partial charge < -0.3 is 15.4 Å². The highest BCUT2D eigenvalue weighted by Gasteiger charge is 2.20. The normalized spacial score (nSPS) is 11.2. The second kappa shape index (κ2) is 9.47. The van der Waals surface area contributed by atoms with E-state index in [1.54, 1.807) is 30.3 Å². The van der Waals surface area contributed by atoms with Gasteiger partial charge in [0.1, 0.15) is 6.54 Å². The number of nitro groups is 1. The number of carbonyl (C=O) groups is 3. The fourth-order valence-corrected chi connectivity index (χ4v) is 2.31. The molecule has 28 heavy (non-hydrogen) atoms. The van der Waals surface area contributed by atoms with Crippen LogP contribution in [0.4, 0.5) is 11.4 Å². The molecule has 10 heteroatoms. The molecule has 0 saturated carbocycles. The third kappa shape index (κ3) is 5.78. The number of nitro benzene ring substituents is 1. The van der Waals surface area contributed by atoms with Gasteiger partial charge in [-0.05, 0) is 25.1 Å². The second-order valence-corrected chi connectivity index (χ2v) is 6.00. The van der Waals surface area contributed by atoms with Crippen LogP contribution >= 0.6 is 11.6 Å². The highest BCUT2D eigenvalue weighted by Crippen LogP contribution is 2.26. The summed E-state index contributed by atoms with van der Waals surface area (Å²) in [4.78, 5) is 45.9. The molecule has 0 saturated heterocycles. The van der Waals surface area contributed by atoms with Gasteiger partial charge in [0.25, 0.3) is 17.5 Å². The fraction of sp³-hybridized carbons (Fsp3) is 0.167. The van der Waals surface area contributed by atoms with Crippen LogP contribution < -0.4 is 10.6 Å². The van der Waals surface area contributed by atoms with Crippen molar-refractivity contribution in [1.82, 2.24) is 5.32 Å². The Labute approximate surface area is 164 Å². The first kappa shape index (κ1) is 20.8. The van der Waals surface area contributed by atoms with Crippen LogP contribution in [-0.2, 0) is 14.3 Å². The molecule has 0 spiro atoms. The van der Waals surface area contributed by atoms with Gasteiger partial charge in [0.15, 0.2) is 6.10 Å². The number of non-ortho nitro benzene ring substituents is 1. The molecule has 0 bridgehead atoms. The molecule has 0 aliphatic rings. The van der Waals surface area contributed by atoms with Crippen molar-refractivity contribution in [3.63, 3.8) is 0 Å². The van der Waals surface area contributed by atoms with Crippen molar-refractivity contribution >= 4 is 40.8 Å². The number of benzene rings is 2. The van der Waals surface area contributed by atoms with Crippen molar-refractivity contribution in [3.05, 3.63) is 69.2 Å². The average molecular weight is 406 g/mol. The molecule has 0 aliphatic heterocycles. The molecule has 1 atom stereocenters. The summed E-state index contributed by atoms with van der Waals surface area (Å²) in [5.74, 6) is -1.94. The van der Waals surface area contributed by atoms with Crippen LogP contribution in [0.25, 0.3) is 0 Å². The Kier molecular flexibility index (Phi) is 7.05. The number of anilines is 1. The highest BCUT2D eigenvalue weighted by atomic mass is 35.5. The minimum absolute atomic E-state index is 0.0313. The van der Waals surface area contributed by atoms with E-state index in [9.17, 15) is 24.5 Å². The lowest BCUT2D eigenvalue weighted by molar-refractivity contribution is -0.384. The molecule has 0 radical (unpaired) electrons. The van der Waals surface area contributed by atoms with Gasteiger partial charge in [-0.3, -0.25) is 24.5 Å². The molecule has 1 unspecified atom stereocenters. The molecule has 0 heterocycles. The van der Waals surface area contributed by atoms with Crippen molar-refractivity contribution in [2.24, 2.45) is 0 Å². The summed E-state index contributed by atoms with van der Waals surface area (Å²) in [5, 5.41) is 15.5. The molecule has 2 rings (SSSR count). The van der Waals surface area contributed by atoms with E-state index >= 15 is 0 Å². The van der Waals surface area contributed by atoms with Crippen molar-refractivity contribution in [3.8, 4) is 0 Å². The van der Waals surface area contributed by atoms with Crippen LogP contribution in [0.3, 0.4) is 0 Å². The Bertz CT molecular complexity index is 903. The second-order valence-electron chi connectivity index (χ2n) is 5.59. The van der Waals surface area contributed by atoms with E-state index < -0.39 is 35.4 Å². The van der Waals surface area contributed by atoms with Gasteiger partial charge in [0, 0.05) is 17.7 Å². The highest BCUT2D eigenvalue weighted by molar-refractivity contribution is 6.34. The number of halogens is 1. The van der Waals surface area contributed by atoms with Crippen LogP contribution in [-0.4, -0.2) is 35.4 Å². The van der Waals surface area contributed by atoms with Crippen LogP contribution in [0.15, 0.2) is 48.5 Å². The van der Waals surface area contributed by atoms with Crippen LogP contribution in [0.5, 0.6) is 0 Å². The lowest BCUT2D eigenvalue weighted by atomic mass is 10.2. The lowest BCUT2D eigenvalue weighted by Gasteiger charge is -2.14. The number of nitrogens with one attached hydrogen (secondary N) is 2. The minimum atomic E-state index is -1.17. The number of carbonyl (C=O) groups excluding carboxylic acids is 3. The molecule has 0 aromatic heterocycles. The third-order valence-corrected chi connectivity index (χ3v) is 3.84. The summed E-state index contributed by atoms with van der Waals surface area (Å²) < 4.78 is 4.96. The van der Waals surface area contributed by atoms with Gasteiger partial charge in [-0.25, -0.2) is 0 Å². The summed E-state index contributed by atoms with van der Waals surface area (Å²) in [5.41, 5.74) is 0.295. The first-order chi connectivity index (χ1) is 13.3. The maximum Gasteiger partial charge on any atom is 0.326 e. The number of hydrogen-bond acceptors (Lipinski definition) is 6. The molecule has 0 fully saturated rings. The van der Waals surface area contributed by atoms with E-state index in [4.69, 9.17) is 16.3 Å². The van der Waals surface area contributed by atoms with Gasteiger partial charge in [0.2, 0.25) is 0 Å². The number of nitrogens with zero attached hydrogens (tertiary/aromatic N) is 1. The smallest absolute Gasteiger partial charge is 0.326 e. The number of amides is 2. The Hall–Kier alpha value is -3.46. The fourth-order valence-electron chi connectivity index (χ4n) is 2.09. The van der Waals surface area contributed by atoms with Gasteiger partial charge in [-0.2, -0.15) is 0 Å². The Morgan fingerprint density at radius 3 is 2.46 bits per heavy atom. The molecule has 2 amide bonds. The van der Waals surface area contributed by atoms with Gasteiger partial charge >= 0.3 is 5.97 Å². The van der Waals surface area contributed by atoms with Crippen LogP contribution in [0.2, 0.25) is 5.02 Å². The van der Waals surface area contributed by atoms with Crippen molar-refractivity contribution in [2.75, 3.05) is 11.9 Å².